The van der Waals surface area contributed by atoms with Gasteiger partial charge < -0.3 is 30.5 Å². The standard InChI is InChI=1S/C30H49NO6/c1-17-16-37-25(19(17)9-13-31-5)26(34)29(4,35)24-8-12-30(36)21-15-23(33)22-14-18(32)6-10-27(22,2)20(21)7-11-28(24,30)3/h15,17-20,22,24-26,31-32,34-36H,6-14,16H2,1-5H3/t17-,18-,19+,20-,22-,24-,25-,26+,27+,28+,29-,30+/m0/s1. The Morgan fingerprint density at radius 2 is 1.92 bits per heavy atom. The number of carbonyl (C=O) groups is 1. The van der Waals surface area contributed by atoms with Gasteiger partial charge in [-0.3, -0.25) is 4.79 Å². The van der Waals surface area contributed by atoms with Gasteiger partial charge in [0.25, 0.3) is 0 Å². The summed E-state index contributed by atoms with van der Waals surface area (Å²) in [5, 5.41) is 49.6. The summed E-state index contributed by atoms with van der Waals surface area (Å²) in [6, 6.07) is 0. The van der Waals surface area contributed by atoms with Gasteiger partial charge in [0, 0.05) is 11.3 Å². The van der Waals surface area contributed by atoms with Crippen molar-refractivity contribution in [3.63, 3.8) is 0 Å². The fourth-order valence-electron chi connectivity index (χ4n) is 9.71. The third kappa shape index (κ3) is 3.93. The lowest BCUT2D eigenvalue weighted by molar-refractivity contribution is -0.193. The van der Waals surface area contributed by atoms with Crippen molar-refractivity contribution < 1.29 is 30.0 Å². The quantitative estimate of drug-likeness (QED) is 0.366. The third-order valence-corrected chi connectivity index (χ3v) is 12.1. The van der Waals surface area contributed by atoms with Crippen LogP contribution in [-0.4, -0.2) is 75.9 Å². The molecule has 4 fully saturated rings. The van der Waals surface area contributed by atoms with Crippen LogP contribution in [-0.2, 0) is 9.53 Å². The number of aliphatic hydroxyl groups is 4. The summed E-state index contributed by atoms with van der Waals surface area (Å²) in [4.78, 5) is 13.4. The predicted molar refractivity (Wildman–Crippen MR) is 141 cm³/mol. The van der Waals surface area contributed by atoms with Crippen LogP contribution in [0.5, 0.6) is 0 Å². The van der Waals surface area contributed by atoms with E-state index in [0.29, 0.717) is 38.2 Å². The highest BCUT2D eigenvalue weighted by atomic mass is 16.5. The number of ketones is 1. The first-order valence-electron chi connectivity index (χ1n) is 14.6. The molecule has 37 heavy (non-hydrogen) atoms. The van der Waals surface area contributed by atoms with Crippen LogP contribution in [0.4, 0.5) is 0 Å². The number of aliphatic hydroxyl groups excluding tert-OH is 2. The highest BCUT2D eigenvalue weighted by Crippen LogP contribution is 2.68. The molecule has 0 aromatic carbocycles. The van der Waals surface area contributed by atoms with Crippen molar-refractivity contribution in [2.24, 2.45) is 40.4 Å². The first-order valence-corrected chi connectivity index (χ1v) is 14.6. The van der Waals surface area contributed by atoms with E-state index in [1.165, 1.54) is 0 Å². The Labute approximate surface area is 222 Å². The van der Waals surface area contributed by atoms with Crippen molar-refractivity contribution in [3.8, 4) is 0 Å². The zero-order valence-corrected chi connectivity index (χ0v) is 23.4. The van der Waals surface area contributed by atoms with Gasteiger partial charge in [-0.05, 0) is 113 Å². The molecule has 0 amide bonds. The van der Waals surface area contributed by atoms with Gasteiger partial charge in [0.15, 0.2) is 5.78 Å². The minimum Gasteiger partial charge on any atom is -0.393 e. The van der Waals surface area contributed by atoms with Gasteiger partial charge in [-0.15, -0.1) is 0 Å². The SMILES string of the molecule is CNCC[C@H]1[C@@H]([C@@H](O)[C@@](C)(O)[C@H]2CC[C@@]3(O)C4=CC(=O)[C@@H]5C[C@@H](O)CC[C@]5(C)[C@H]4CC[C@]23C)OC[C@@H]1C. The molecule has 5 N–H and O–H groups in total. The average molecular weight is 520 g/mol. The molecule has 3 saturated carbocycles. The van der Waals surface area contributed by atoms with Crippen molar-refractivity contribution in [3.05, 3.63) is 11.6 Å². The second-order valence-electron chi connectivity index (χ2n) is 14.0. The van der Waals surface area contributed by atoms with Gasteiger partial charge >= 0.3 is 0 Å². The molecule has 0 bridgehead atoms. The molecule has 0 aromatic rings. The Morgan fingerprint density at radius 3 is 2.62 bits per heavy atom. The summed E-state index contributed by atoms with van der Waals surface area (Å²) >= 11 is 0. The molecule has 4 aliphatic carbocycles. The number of ether oxygens (including phenoxy) is 1. The smallest absolute Gasteiger partial charge is 0.159 e. The number of hydrogen-bond donors (Lipinski definition) is 5. The summed E-state index contributed by atoms with van der Waals surface area (Å²) in [5.41, 5.74) is -2.72. The van der Waals surface area contributed by atoms with E-state index in [9.17, 15) is 25.2 Å². The minimum atomic E-state index is -1.45. The molecule has 5 aliphatic rings. The molecule has 1 aliphatic heterocycles. The number of fused-ring (bicyclic) bond motifs is 5. The van der Waals surface area contributed by atoms with Crippen molar-refractivity contribution in [1.29, 1.82) is 0 Å². The Hall–Kier alpha value is -0.830. The zero-order valence-electron chi connectivity index (χ0n) is 23.4. The van der Waals surface area contributed by atoms with Gasteiger partial charge in [0.2, 0.25) is 0 Å². The van der Waals surface area contributed by atoms with Crippen LogP contribution in [0, 0.1) is 40.4 Å². The molecule has 0 radical (unpaired) electrons. The molecule has 1 saturated heterocycles. The number of carbonyl (C=O) groups excluding carboxylic acids is 1. The van der Waals surface area contributed by atoms with E-state index < -0.39 is 34.9 Å². The molecule has 5 rings (SSSR count). The number of rotatable bonds is 6. The zero-order chi connectivity index (χ0) is 27.0. The summed E-state index contributed by atoms with van der Waals surface area (Å²) < 4.78 is 6.08. The maximum absolute atomic E-state index is 13.4. The molecular formula is C30H49NO6. The van der Waals surface area contributed by atoms with Crippen molar-refractivity contribution in [1.82, 2.24) is 5.32 Å². The number of allylic oxidation sites excluding steroid dienone is 1. The third-order valence-electron chi connectivity index (χ3n) is 12.1. The lowest BCUT2D eigenvalue weighted by Crippen LogP contribution is -2.63. The first-order chi connectivity index (χ1) is 17.3. The van der Waals surface area contributed by atoms with Crippen molar-refractivity contribution in [2.45, 2.75) is 109 Å². The van der Waals surface area contributed by atoms with Crippen LogP contribution < -0.4 is 5.32 Å². The minimum absolute atomic E-state index is 0.0288. The number of nitrogens with one attached hydrogen (secondary N) is 1. The van der Waals surface area contributed by atoms with Crippen LogP contribution in [0.15, 0.2) is 11.6 Å². The van der Waals surface area contributed by atoms with Crippen LogP contribution in [0.3, 0.4) is 0 Å². The van der Waals surface area contributed by atoms with Gasteiger partial charge in [-0.25, -0.2) is 0 Å². The lowest BCUT2D eigenvalue weighted by Gasteiger charge is -2.60. The molecule has 1 heterocycles. The van der Waals surface area contributed by atoms with Crippen molar-refractivity contribution in [2.75, 3.05) is 20.2 Å². The molecule has 0 spiro atoms. The van der Waals surface area contributed by atoms with E-state index in [4.69, 9.17) is 4.74 Å². The van der Waals surface area contributed by atoms with E-state index in [0.717, 1.165) is 37.8 Å². The summed E-state index contributed by atoms with van der Waals surface area (Å²) in [6.45, 7) is 9.51. The molecule has 210 valence electrons. The monoisotopic (exact) mass is 519 g/mol. The van der Waals surface area contributed by atoms with Crippen LogP contribution in [0.2, 0.25) is 0 Å². The summed E-state index contributed by atoms with van der Waals surface area (Å²) in [7, 11) is 1.92. The Balaban J connectivity index is 1.44. The summed E-state index contributed by atoms with van der Waals surface area (Å²) in [5.74, 6) is 0.0446. The highest BCUT2D eigenvalue weighted by Gasteiger charge is 2.69. The normalized spacial score (nSPS) is 50.0. The summed E-state index contributed by atoms with van der Waals surface area (Å²) in [6.07, 6.45) is 5.22. The molecule has 12 atom stereocenters. The largest absolute Gasteiger partial charge is 0.393 e. The van der Waals surface area contributed by atoms with Crippen molar-refractivity contribution >= 4 is 5.78 Å². The van der Waals surface area contributed by atoms with E-state index >= 15 is 0 Å². The van der Waals surface area contributed by atoms with Gasteiger partial charge in [0.05, 0.1) is 30.0 Å². The Bertz CT molecular complexity index is 935. The molecular weight excluding hydrogens is 470 g/mol. The maximum Gasteiger partial charge on any atom is 0.159 e. The topological polar surface area (TPSA) is 119 Å². The Morgan fingerprint density at radius 1 is 1.19 bits per heavy atom. The number of hydrogen-bond acceptors (Lipinski definition) is 7. The second-order valence-corrected chi connectivity index (χ2v) is 14.0. The van der Waals surface area contributed by atoms with E-state index in [-0.39, 0.29) is 34.9 Å². The van der Waals surface area contributed by atoms with Gasteiger partial charge in [-0.2, -0.15) is 0 Å². The molecule has 7 nitrogen and oxygen atoms in total. The van der Waals surface area contributed by atoms with Gasteiger partial charge in [0.1, 0.15) is 6.10 Å². The molecule has 7 heteroatoms. The lowest BCUT2D eigenvalue weighted by atomic mass is 9.46. The van der Waals surface area contributed by atoms with E-state index in [1.54, 1.807) is 13.0 Å². The van der Waals surface area contributed by atoms with Crippen LogP contribution in [0.1, 0.15) is 79.1 Å². The average Bonchev–Trinajstić information content (AvgIpc) is 3.35. The fourth-order valence-corrected chi connectivity index (χ4v) is 9.71. The van der Waals surface area contributed by atoms with E-state index in [1.807, 2.05) is 7.05 Å². The van der Waals surface area contributed by atoms with Crippen LogP contribution >= 0.6 is 0 Å². The highest BCUT2D eigenvalue weighted by molar-refractivity contribution is 5.95. The molecule has 0 unspecified atom stereocenters. The molecule has 0 aromatic heterocycles. The maximum atomic E-state index is 13.4. The predicted octanol–water partition coefficient (Wildman–Crippen LogP) is 2.59. The Kier molecular flexibility index (Phi) is 7.03. The first kappa shape index (κ1) is 27.7. The second kappa shape index (κ2) is 9.38. The van der Waals surface area contributed by atoms with E-state index in [2.05, 4.69) is 26.1 Å². The van der Waals surface area contributed by atoms with Crippen LogP contribution in [0.25, 0.3) is 0 Å². The van der Waals surface area contributed by atoms with Gasteiger partial charge in [-0.1, -0.05) is 20.8 Å². The fraction of sp³-hybridized carbons (Fsp3) is 0.900.